The molecule has 3 fully saturated rings. The zero-order chi connectivity index (χ0) is 20.1. The predicted octanol–water partition coefficient (Wildman–Crippen LogP) is 7.02. The van der Waals surface area contributed by atoms with E-state index in [9.17, 15) is 5.11 Å². The van der Waals surface area contributed by atoms with Gasteiger partial charge in [-0.1, -0.05) is 58.4 Å². The van der Waals surface area contributed by atoms with E-state index in [-0.39, 0.29) is 0 Å². The third kappa shape index (κ3) is 3.15. The molecule has 1 nitrogen and oxygen atoms in total. The van der Waals surface area contributed by atoms with Crippen molar-refractivity contribution in [3.63, 3.8) is 0 Å². The molecule has 3 saturated carbocycles. The highest BCUT2D eigenvalue weighted by Crippen LogP contribution is 2.68. The largest absolute Gasteiger partial charge is 0.396 e. The molecule has 8 atom stereocenters. The molecule has 0 saturated heterocycles. The van der Waals surface area contributed by atoms with Gasteiger partial charge in [0.05, 0.1) is 0 Å². The highest BCUT2D eigenvalue weighted by atomic mass is 16.3. The summed E-state index contributed by atoms with van der Waals surface area (Å²) in [5, 5.41) is 9.88. The molecule has 0 bridgehead atoms. The SMILES string of the molecule is CC(C)C/C=C/[C@@H](C)[C@H]1CCC2C3=CC[C@H]4[C@@H](CO)CC[C@]4(C)C3CC[C@@]21C. The zero-order valence-electron chi connectivity index (χ0n) is 19.1. The molecular weight excluding hydrogens is 340 g/mol. The van der Waals surface area contributed by atoms with Gasteiger partial charge in [0.1, 0.15) is 0 Å². The van der Waals surface area contributed by atoms with Gasteiger partial charge in [-0.2, -0.15) is 0 Å². The zero-order valence-corrected chi connectivity index (χ0v) is 19.1. The van der Waals surface area contributed by atoms with Crippen molar-refractivity contribution in [1.29, 1.82) is 0 Å². The summed E-state index contributed by atoms with van der Waals surface area (Å²) in [7, 11) is 0. The van der Waals surface area contributed by atoms with Gasteiger partial charge in [0.25, 0.3) is 0 Å². The van der Waals surface area contributed by atoms with Crippen LogP contribution in [-0.4, -0.2) is 11.7 Å². The minimum absolute atomic E-state index is 0.402. The summed E-state index contributed by atoms with van der Waals surface area (Å²) >= 11 is 0. The Kier molecular flexibility index (Phi) is 5.62. The Morgan fingerprint density at radius 1 is 1.04 bits per heavy atom. The lowest BCUT2D eigenvalue weighted by molar-refractivity contribution is 0.0192. The van der Waals surface area contributed by atoms with Gasteiger partial charge in [-0.3, -0.25) is 0 Å². The van der Waals surface area contributed by atoms with Gasteiger partial charge in [0, 0.05) is 6.61 Å². The molecule has 158 valence electrons. The third-order valence-electron chi connectivity index (χ3n) is 9.98. The van der Waals surface area contributed by atoms with Crippen LogP contribution in [0.4, 0.5) is 0 Å². The summed E-state index contributed by atoms with van der Waals surface area (Å²) in [6.45, 7) is 12.7. The summed E-state index contributed by atoms with van der Waals surface area (Å²) in [6, 6.07) is 0. The average Bonchev–Trinajstić information content (AvgIpc) is 3.17. The van der Waals surface area contributed by atoms with Gasteiger partial charge in [-0.25, -0.2) is 0 Å². The fourth-order valence-corrected chi connectivity index (χ4v) is 8.39. The molecule has 28 heavy (non-hydrogen) atoms. The number of hydrogen-bond donors (Lipinski definition) is 1. The van der Waals surface area contributed by atoms with Gasteiger partial charge >= 0.3 is 0 Å². The Labute approximate surface area is 174 Å². The number of hydrogen-bond acceptors (Lipinski definition) is 1. The predicted molar refractivity (Wildman–Crippen MR) is 119 cm³/mol. The number of allylic oxidation sites excluding steroid dienone is 4. The van der Waals surface area contributed by atoms with Crippen molar-refractivity contribution in [2.45, 2.75) is 86.0 Å². The number of rotatable bonds is 5. The van der Waals surface area contributed by atoms with E-state index in [4.69, 9.17) is 0 Å². The van der Waals surface area contributed by atoms with Crippen LogP contribution in [0.3, 0.4) is 0 Å². The Morgan fingerprint density at radius 3 is 2.46 bits per heavy atom. The quantitative estimate of drug-likeness (QED) is 0.505. The second-order valence-electron chi connectivity index (χ2n) is 11.8. The van der Waals surface area contributed by atoms with Crippen LogP contribution >= 0.6 is 0 Å². The van der Waals surface area contributed by atoms with E-state index in [0.29, 0.717) is 29.3 Å². The first-order valence-corrected chi connectivity index (χ1v) is 12.3. The topological polar surface area (TPSA) is 20.2 Å². The lowest BCUT2D eigenvalue weighted by atomic mass is 9.50. The molecule has 1 heteroatoms. The Hall–Kier alpha value is -0.560. The van der Waals surface area contributed by atoms with E-state index >= 15 is 0 Å². The van der Waals surface area contributed by atoms with E-state index < -0.39 is 0 Å². The highest BCUT2D eigenvalue weighted by molar-refractivity contribution is 5.28. The maximum Gasteiger partial charge on any atom is 0.0462 e. The molecular formula is C27H44O. The van der Waals surface area contributed by atoms with E-state index in [1.165, 1.54) is 51.4 Å². The summed E-state index contributed by atoms with van der Waals surface area (Å²) in [4.78, 5) is 0. The normalized spacial score (nSPS) is 46.4. The number of fused-ring (bicyclic) bond motifs is 5. The van der Waals surface area contributed by atoms with Crippen molar-refractivity contribution >= 4 is 0 Å². The molecule has 0 aromatic heterocycles. The average molecular weight is 385 g/mol. The van der Waals surface area contributed by atoms with Crippen LogP contribution in [0.25, 0.3) is 0 Å². The molecule has 0 amide bonds. The van der Waals surface area contributed by atoms with Crippen LogP contribution in [-0.2, 0) is 0 Å². The first-order chi connectivity index (χ1) is 13.3. The van der Waals surface area contributed by atoms with Crippen LogP contribution in [0.2, 0.25) is 0 Å². The molecule has 0 aromatic carbocycles. The third-order valence-corrected chi connectivity index (χ3v) is 9.98. The number of aliphatic hydroxyl groups excluding tert-OH is 1. The molecule has 0 heterocycles. The first kappa shape index (κ1) is 20.7. The fraction of sp³-hybridized carbons (Fsp3) is 0.852. The van der Waals surface area contributed by atoms with Crippen molar-refractivity contribution in [2.75, 3.05) is 6.61 Å². The standard InChI is InChI=1S/C27H44O/c1-18(2)7-6-8-19(3)22-11-12-24-21-9-10-23-20(17-28)13-15-27(23,5)25(21)14-16-26(22,24)4/h6,8-9,18-20,22-25,28H,7,10-17H2,1-5H3/b8-6+/t19-,20-,22-,23+,24?,25?,26-,27+/m1/s1. The number of aliphatic hydroxyl groups is 1. The highest BCUT2D eigenvalue weighted by Gasteiger charge is 2.59. The molecule has 0 aromatic rings. The lowest BCUT2D eigenvalue weighted by Crippen LogP contribution is -2.46. The van der Waals surface area contributed by atoms with Crippen LogP contribution in [0.5, 0.6) is 0 Å². The van der Waals surface area contributed by atoms with E-state index in [1.54, 1.807) is 0 Å². The van der Waals surface area contributed by atoms with Crippen LogP contribution in [0.1, 0.15) is 86.0 Å². The van der Waals surface area contributed by atoms with E-state index in [0.717, 1.165) is 29.6 Å². The maximum atomic E-state index is 9.88. The van der Waals surface area contributed by atoms with Crippen molar-refractivity contribution in [1.82, 2.24) is 0 Å². The van der Waals surface area contributed by atoms with Gasteiger partial charge in [-0.15, -0.1) is 0 Å². The van der Waals surface area contributed by atoms with Gasteiger partial charge in [-0.05, 0) is 104 Å². The molecule has 2 unspecified atom stereocenters. The summed E-state index contributed by atoms with van der Waals surface area (Å²) in [5.41, 5.74) is 2.81. The monoisotopic (exact) mass is 384 g/mol. The van der Waals surface area contributed by atoms with E-state index in [1.807, 2.05) is 5.57 Å². The van der Waals surface area contributed by atoms with Gasteiger partial charge < -0.3 is 5.11 Å². The van der Waals surface area contributed by atoms with Crippen molar-refractivity contribution in [3.8, 4) is 0 Å². The fourth-order valence-electron chi connectivity index (χ4n) is 8.39. The minimum atomic E-state index is 0.402. The molecule has 4 aliphatic rings. The molecule has 4 rings (SSSR count). The van der Waals surface area contributed by atoms with Crippen molar-refractivity contribution < 1.29 is 5.11 Å². The summed E-state index contributed by atoms with van der Waals surface area (Å²) < 4.78 is 0. The first-order valence-electron chi connectivity index (χ1n) is 12.3. The lowest BCUT2D eigenvalue weighted by Gasteiger charge is -2.54. The van der Waals surface area contributed by atoms with Crippen molar-refractivity contribution in [3.05, 3.63) is 23.8 Å². The summed E-state index contributed by atoms with van der Waals surface area (Å²) in [6.07, 6.45) is 18.3. The second-order valence-corrected chi connectivity index (χ2v) is 11.8. The maximum absolute atomic E-state index is 9.88. The molecule has 0 radical (unpaired) electrons. The summed E-state index contributed by atoms with van der Waals surface area (Å²) in [5.74, 6) is 5.23. The smallest absolute Gasteiger partial charge is 0.0462 e. The second kappa shape index (κ2) is 7.60. The van der Waals surface area contributed by atoms with Crippen molar-refractivity contribution in [2.24, 2.45) is 52.3 Å². The Bertz CT molecular complexity index is 630. The van der Waals surface area contributed by atoms with E-state index in [2.05, 4.69) is 52.8 Å². The van der Waals surface area contributed by atoms with Crippen LogP contribution < -0.4 is 0 Å². The molecule has 4 aliphatic carbocycles. The molecule has 0 aliphatic heterocycles. The Balaban J connectivity index is 1.54. The minimum Gasteiger partial charge on any atom is -0.396 e. The van der Waals surface area contributed by atoms with Gasteiger partial charge in [0.2, 0.25) is 0 Å². The van der Waals surface area contributed by atoms with Crippen LogP contribution in [0.15, 0.2) is 23.8 Å². The Morgan fingerprint density at radius 2 is 1.75 bits per heavy atom. The molecule has 0 spiro atoms. The van der Waals surface area contributed by atoms with Gasteiger partial charge in [0.15, 0.2) is 0 Å². The molecule has 1 N–H and O–H groups in total. The van der Waals surface area contributed by atoms with Crippen LogP contribution in [0, 0.1) is 52.3 Å².